The van der Waals surface area contributed by atoms with Crippen molar-refractivity contribution in [3.8, 4) is 23.3 Å². The Morgan fingerprint density at radius 3 is 1.28 bits per heavy atom. The maximum Gasteiger partial charge on any atom is 0.229 e. The van der Waals surface area contributed by atoms with E-state index in [4.69, 9.17) is 72.2 Å². The van der Waals surface area contributed by atoms with Crippen molar-refractivity contribution in [2.45, 2.75) is 64.2 Å². The third-order valence-electron chi connectivity index (χ3n) is 22.1. The van der Waals surface area contributed by atoms with Gasteiger partial charge in [0.2, 0.25) is 23.8 Å². The zero-order chi connectivity index (χ0) is 96.7. The number of nitrogens with one attached hydrogen (secondary N) is 8. The van der Waals surface area contributed by atoms with Crippen molar-refractivity contribution in [2.75, 3.05) is 185 Å². The fraction of sp³-hybridized carbons (Fsp3) is 0.309. The number of piperazine rings is 2. The van der Waals surface area contributed by atoms with Crippen molar-refractivity contribution >= 4 is 222 Å². The van der Waals surface area contributed by atoms with Crippen LogP contribution in [0.15, 0.2) is 187 Å². The number of halogens is 5. The van der Waals surface area contributed by atoms with Gasteiger partial charge < -0.3 is 89.7 Å². The SMILES string of the molecule is CC(C)S(=O)(=O)c1ccccc1Nc1nc(Nc2ccc(P(C)(C)=O)c3c2OCC3)ncc1Cl.CCN1CCN(c2ccc(Nc3ncc(Cl)c(Nc4ccccc4P(C)(C)=O)n3)c(OC)c2)CC1.COc1cc(N2CCN(C(C)C)CC2)ccc1Nc1ncc(Cl)c(Nc2ccccc2P(C)(C)=O)n1.Cc1cc(P(C)(C)=O)ccc1Nc1ncc(Cl)c(Nc2ccc(Cl)cc2C#N)n1. The van der Waals surface area contributed by atoms with E-state index in [1.54, 1.807) is 130 Å². The van der Waals surface area contributed by atoms with E-state index in [1.807, 2.05) is 104 Å². The quantitative estimate of drug-likeness (QED) is 0.0211. The molecule has 0 aliphatic carbocycles. The molecular weight excluding hydrogens is 1900 g/mol. The highest BCUT2D eigenvalue weighted by Gasteiger charge is 2.30. The van der Waals surface area contributed by atoms with Crippen LogP contribution in [0.5, 0.6) is 17.2 Å². The lowest BCUT2D eigenvalue weighted by Crippen LogP contribution is -2.48. The number of aryl methyl sites for hydroxylation is 1. The molecule has 3 aliphatic heterocycles. The number of nitriles is 1. The number of sulfone groups is 1. The normalized spacial score (nSPS) is 13.6. The highest BCUT2D eigenvalue weighted by Crippen LogP contribution is 2.46. The van der Waals surface area contributed by atoms with Crippen LogP contribution in [0.3, 0.4) is 0 Å². The molecule has 0 spiro atoms. The summed E-state index contributed by atoms with van der Waals surface area (Å²) in [5.74, 6) is 4.82. The number of aromatic nitrogens is 8. The minimum absolute atomic E-state index is 0.166. The molecule has 7 heterocycles. The standard InChI is InChI=1S/C26H34ClN6O2P.C25H32ClN6O2P.C23H26ClN4O4PS.C20H18Cl2N5OP/c1-18(2)32-12-14-33(15-13-32)19-10-11-21(23(16-19)35-3)30-26-28-17-20(27)25(31-26)29-22-8-6-7-9-24(22)36(4,5)34;1-5-31-12-14-32(15-13-31)18-10-11-20(22(16-18)34-2)29-25-27-17-19(26)24(30-25)28-21-8-6-7-9-23(21)35(3,4)33;1-14(2)34(30,31)20-8-6-5-7-17(20)26-22-16(24)13-25-23(28-22)27-18-9-10-19(33(3,4)29)15-11-12-32-21(15)18;1-12-8-15(29(2,3)28)5-7-17(12)26-20-24-11-16(22)19(27-20)25-18-6-4-14(21)9-13(18)10-23/h6-11,16-18H,12-15H2,1-5H3,(H2,28,29,30,31);6-11,16-17H,5,12-15H2,1-4H3,(H2,27,28,29,30);5-10,13-14H,11-12H2,1-4H3,(H2,25,26,27,28);4-9,11H,1-3H3,(H2,24,25,26,27). The molecule has 40 heteroatoms. The largest absolute Gasteiger partial charge is 0.494 e. The van der Waals surface area contributed by atoms with Crippen LogP contribution in [0.25, 0.3) is 0 Å². The lowest BCUT2D eigenvalue weighted by atomic mass is 10.1. The summed E-state index contributed by atoms with van der Waals surface area (Å²) < 4.78 is 93.2. The van der Waals surface area contributed by atoms with Crippen LogP contribution in [0.1, 0.15) is 51.3 Å². The fourth-order valence-corrected chi connectivity index (χ4v) is 21.2. The summed E-state index contributed by atoms with van der Waals surface area (Å²) in [6.07, 6.45) is 6.65. The van der Waals surface area contributed by atoms with Crippen LogP contribution in [0.2, 0.25) is 25.1 Å². The third-order valence-corrected chi connectivity index (χ3v) is 31.8. The third kappa shape index (κ3) is 26.5. The first kappa shape index (κ1) is 102. The molecule has 0 saturated carbocycles. The number of nitrogens with zero attached hydrogens (tertiary/aromatic N) is 13. The van der Waals surface area contributed by atoms with Gasteiger partial charge in [0.25, 0.3) is 0 Å². The molecule has 2 saturated heterocycles. The summed E-state index contributed by atoms with van der Waals surface area (Å²) in [5, 5.41) is 38.9. The number of rotatable bonds is 28. The summed E-state index contributed by atoms with van der Waals surface area (Å²) >= 11 is 31.3. The van der Waals surface area contributed by atoms with Crippen LogP contribution in [-0.2, 0) is 34.5 Å². The average Bonchev–Trinajstić information content (AvgIpc) is 1.59. The Balaban J connectivity index is 0.000000161. The number of methoxy groups -OCH3 is 2. The molecule has 706 valence electrons. The van der Waals surface area contributed by atoms with E-state index in [0.717, 1.165) is 120 Å². The first-order valence-electron chi connectivity index (χ1n) is 43.0. The summed E-state index contributed by atoms with van der Waals surface area (Å²) in [6.45, 7) is 35.5. The molecule has 134 heavy (non-hydrogen) atoms. The van der Waals surface area contributed by atoms with Gasteiger partial charge in [0, 0.05) is 126 Å². The van der Waals surface area contributed by atoms with Gasteiger partial charge in [0.15, 0.2) is 33.1 Å². The van der Waals surface area contributed by atoms with Gasteiger partial charge in [-0.25, -0.2) is 28.4 Å². The number of para-hydroxylation sites is 3. The van der Waals surface area contributed by atoms with Crippen LogP contribution in [0.4, 0.5) is 104 Å². The Hall–Kier alpha value is -10.8. The molecule has 0 radical (unpaired) electrons. The Morgan fingerprint density at radius 2 is 0.858 bits per heavy atom. The van der Waals surface area contributed by atoms with Crippen molar-refractivity contribution in [3.05, 3.63) is 224 Å². The van der Waals surface area contributed by atoms with E-state index >= 15 is 0 Å². The summed E-state index contributed by atoms with van der Waals surface area (Å²) in [5.41, 5.74) is 9.74. The van der Waals surface area contributed by atoms with Crippen LogP contribution in [-0.4, -0.2) is 202 Å². The second kappa shape index (κ2) is 44.8. The minimum atomic E-state index is -3.53. The fourth-order valence-electron chi connectivity index (χ4n) is 14.7. The topological polar surface area (TPSA) is 366 Å². The molecule has 2 fully saturated rings. The van der Waals surface area contributed by atoms with Gasteiger partial charge in [-0.2, -0.15) is 25.2 Å². The first-order chi connectivity index (χ1) is 63.6. The van der Waals surface area contributed by atoms with Crippen molar-refractivity contribution in [1.29, 1.82) is 5.26 Å². The van der Waals surface area contributed by atoms with Crippen molar-refractivity contribution < 1.29 is 40.9 Å². The van der Waals surface area contributed by atoms with Gasteiger partial charge in [-0.1, -0.05) is 101 Å². The van der Waals surface area contributed by atoms with Gasteiger partial charge in [0.05, 0.1) is 101 Å². The Labute approximate surface area is 808 Å². The Bertz CT molecular complexity index is 6630. The van der Waals surface area contributed by atoms with Crippen molar-refractivity contribution in [3.63, 3.8) is 0 Å². The summed E-state index contributed by atoms with van der Waals surface area (Å²) in [6, 6.07) is 50.5. The molecule has 0 amide bonds. The zero-order valence-corrected chi connectivity index (χ0v) is 85.5. The molecule has 0 unspecified atom stereocenters. The summed E-state index contributed by atoms with van der Waals surface area (Å²) in [7, 11) is -10.0. The number of anilines is 18. The highest BCUT2D eigenvalue weighted by atomic mass is 35.5. The van der Waals surface area contributed by atoms with Crippen molar-refractivity contribution in [1.82, 2.24) is 49.7 Å². The maximum atomic E-state index is 12.8. The molecule has 8 aromatic carbocycles. The van der Waals surface area contributed by atoms with E-state index in [0.29, 0.717) is 126 Å². The number of hydrogen-bond donors (Lipinski definition) is 8. The predicted octanol–water partition coefficient (Wildman–Crippen LogP) is 21.1. The van der Waals surface area contributed by atoms with Gasteiger partial charge >= 0.3 is 0 Å². The van der Waals surface area contributed by atoms with Gasteiger partial charge in [-0.3, -0.25) is 4.90 Å². The van der Waals surface area contributed by atoms with E-state index in [-0.39, 0.29) is 21.7 Å². The second-order valence-corrected chi connectivity index (χ2v) is 51.0. The van der Waals surface area contributed by atoms with Gasteiger partial charge in [0.1, 0.15) is 72.0 Å². The molecule has 3 aliphatic rings. The predicted molar refractivity (Wildman–Crippen MR) is 555 cm³/mol. The van der Waals surface area contributed by atoms with Crippen LogP contribution < -0.4 is 87.8 Å². The molecule has 12 aromatic rings. The first-order valence-corrected chi connectivity index (χ1v) is 56.8. The van der Waals surface area contributed by atoms with Gasteiger partial charge in [-0.15, -0.1) is 0 Å². The summed E-state index contributed by atoms with van der Waals surface area (Å²) in [4.78, 5) is 45.0. The van der Waals surface area contributed by atoms with E-state index in [1.165, 1.54) is 24.8 Å². The lowest BCUT2D eigenvalue weighted by molar-refractivity contribution is 0.209. The van der Waals surface area contributed by atoms with Gasteiger partial charge in [-0.05, 0) is 209 Å². The minimum Gasteiger partial charge on any atom is -0.494 e. The molecule has 15 rings (SSSR count). The lowest BCUT2D eigenvalue weighted by Gasteiger charge is -2.38. The van der Waals surface area contributed by atoms with E-state index < -0.39 is 43.7 Å². The Kier molecular flexibility index (Phi) is 34.2. The van der Waals surface area contributed by atoms with Crippen LogP contribution >= 0.6 is 86.6 Å². The maximum absolute atomic E-state index is 12.8. The number of ether oxygens (including phenoxy) is 3. The average molecular weight is 2010 g/mol. The number of hydrogen-bond acceptors (Lipinski definition) is 30. The smallest absolute Gasteiger partial charge is 0.229 e. The van der Waals surface area contributed by atoms with Crippen LogP contribution in [0, 0.1) is 18.3 Å². The number of benzene rings is 8. The molecule has 4 aromatic heterocycles. The molecule has 30 nitrogen and oxygen atoms in total. The molecule has 8 N–H and O–H groups in total. The monoisotopic (exact) mass is 2010 g/mol. The Morgan fingerprint density at radius 1 is 0.455 bits per heavy atom. The number of fused-ring (bicyclic) bond motifs is 1. The zero-order valence-electron chi connectivity index (χ0n) is 77.3. The molecule has 0 bridgehead atoms. The molecular formula is C94H110Cl5N21O9P4S. The molecule has 0 atom stereocenters. The van der Waals surface area contributed by atoms with E-state index in [2.05, 4.69) is 141 Å². The second-order valence-electron chi connectivity index (χ2n) is 33.7. The number of likely N-dealkylation sites (N-methyl/N-ethyl adjacent to an activating group) is 1. The van der Waals surface area contributed by atoms with Crippen molar-refractivity contribution in [2.24, 2.45) is 0 Å². The highest BCUT2D eigenvalue weighted by molar-refractivity contribution is 7.92. The van der Waals surface area contributed by atoms with E-state index in [9.17, 15) is 31.9 Å².